The summed E-state index contributed by atoms with van der Waals surface area (Å²) < 4.78 is 12.7. The maximum Gasteiger partial charge on any atom is 0.225 e. The molecular formula is C15H15FN2OS. The second kappa shape index (κ2) is 6.96. The molecule has 0 atom stereocenters. The molecule has 0 aromatic heterocycles. The summed E-state index contributed by atoms with van der Waals surface area (Å²) in [4.78, 5) is 12.7. The normalized spacial score (nSPS) is 10.2. The van der Waals surface area contributed by atoms with Crippen LogP contribution < -0.4 is 11.1 Å². The van der Waals surface area contributed by atoms with E-state index in [-0.39, 0.29) is 11.7 Å². The Kier molecular flexibility index (Phi) is 5.01. The van der Waals surface area contributed by atoms with Gasteiger partial charge in [0, 0.05) is 17.1 Å². The van der Waals surface area contributed by atoms with Gasteiger partial charge in [-0.2, -0.15) is 0 Å². The molecule has 104 valence electrons. The number of para-hydroxylation sites is 2. The number of anilines is 2. The molecule has 2 aromatic rings. The van der Waals surface area contributed by atoms with E-state index in [0.717, 1.165) is 4.90 Å². The predicted octanol–water partition coefficient (Wildman–Crippen LogP) is 3.53. The number of thioether (sulfide) groups is 1. The summed E-state index contributed by atoms with van der Waals surface area (Å²) in [5, 5.41) is 2.77. The van der Waals surface area contributed by atoms with Crippen LogP contribution in [0.25, 0.3) is 0 Å². The molecule has 1 amide bonds. The van der Waals surface area contributed by atoms with Gasteiger partial charge in [-0.1, -0.05) is 12.1 Å². The molecule has 0 fully saturated rings. The number of halogens is 1. The molecule has 0 radical (unpaired) electrons. The molecule has 3 nitrogen and oxygen atoms in total. The zero-order valence-corrected chi connectivity index (χ0v) is 11.6. The van der Waals surface area contributed by atoms with Gasteiger partial charge in [-0.3, -0.25) is 4.79 Å². The molecule has 0 saturated carbocycles. The molecule has 0 unspecified atom stereocenters. The van der Waals surface area contributed by atoms with Crippen LogP contribution in [-0.4, -0.2) is 11.7 Å². The summed E-state index contributed by atoms with van der Waals surface area (Å²) in [6.45, 7) is 0. The van der Waals surface area contributed by atoms with E-state index in [2.05, 4.69) is 5.32 Å². The number of rotatable bonds is 5. The number of carbonyl (C=O) groups is 1. The van der Waals surface area contributed by atoms with Crippen molar-refractivity contribution >= 4 is 29.0 Å². The number of hydrogen-bond donors (Lipinski definition) is 2. The molecule has 20 heavy (non-hydrogen) atoms. The molecule has 0 aliphatic carbocycles. The van der Waals surface area contributed by atoms with E-state index in [1.807, 2.05) is 12.1 Å². The molecule has 0 aliphatic heterocycles. The summed E-state index contributed by atoms with van der Waals surface area (Å²) in [6.07, 6.45) is 0.371. The Balaban J connectivity index is 1.78. The van der Waals surface area contributed by atoms with E-state index in [0.29, 0.717) is 23.5 Å². The Morgan fingerprint density at radius 3 is 2.55 bits per heavy atom. The van der Waals surface area contributed by atoms with Gasteiger partial charge in [0.25, 0.3) is 0 Å². The molecule has 2 aromatic carbocycles. The third-order valence-electron chi connectivity index (χ3n) is 2.65. The SMILES string of the molecule is Nc1ccccc1NC(=O)CCSc1ccc(F)cc1. The highest BCUT2D eigenvalue weighted by Crippen LogP contribution is 2.20. The van der Waals surface area contributed by atoms with Crippen LogP contribution in [0.4, 0.5) is 15.8 Å². The van der Waals surface area contributed by atoms with Crippen LogP contribution in [0.2, 0.25) is 0 Å². The van der Waals surface area contributed by atoms with Gasteiger partial charge in [0.05, 0.1) is 11.4 Å². The molecule has 0 aliphatic rings. The third kappa shape index (κ3) is 4.28. The van der Waals surface area contributed by atoms with E-state index in [4.69, 9.17) is 5.73 Å². The molecule has 0 heterocycles. The fourth-order valence-electron chi connectivity index (χ4n) is 1.62. The highest BCUT2D eigenvalue weighted by molar-refractivity contribution is 7.99. The van der Waals surface area contributed by atoms with E-state index in [1.54, 1.807) is 24.3 Å². The largest absolute Gasteiger partial charge is 0.397 e. The van der Waals surface area contributed by atoms with Crippen LogP contribution in [0.5, 0.6) is 0 Å². The summed E-state index contributed by atoms with van der Waals surface area (Å²) in [6, 6.07) is 13.4. The minimum Gasteiger partial charge on any atom is -0.397 e. The van der Waals surface area contributed by atoms with Crippen molar-refractivity contribution in [2.75, 3.05) is 16.8 Å². The Bertz CT molecular complexity index is 587. The number of carbonyl (C=O) groups excluding carboxylic acids is 1. The molecular weight excluding hydrogens is 275 g/mol. The van der Waals surface area contributed by atoms with Gasteiger partial charge in [-0.25, -0.2) is 4.39 Å². The smallest absolute Gasteiger partial charge is 0.225 e. The van der Waals surface area contributed by atoms with Crippen molar-refractivity contribution in [1.82, 2.24) is 0 Å². The van der Waals surface area contributed by atoms with Gasteiger partial charge in [0.1, 0.15) is 5.82 Å². The first-order valence-electron chi connectivity index (χ1n) is 6.18. The van der Waals surface area contributed by atoms with Gasteiger partial charge >= 0.3 is 0 Å². The summed E-state index contributed by atoms with van der Waals surface area (Å²) in [7, 11) is 0. The predicted molar refractivity (Wildman–Crippen MR) is 81.2 cm³/mol. The molecule has 0 saturated heterocycles. The molecule has 5 heteroatoms. The summed E-state index contributed by atoms with van der Waals surface area (Å²) in [5.41, 5.74) is 6.92. The van der Waals surface area contributed by atoms with Crippen LogP contribution in [0.1, 0.15) is 6.42 Å². The fraction of sp³-hybridized carbons (Fsp3) is 0.133. The van der Waals surface area contributed by atoms with Crippen molar-refractivity contribution in [2.45, 2.75) is 11.3 Å². The average molecular weight is 290 g/mol. The monoisotopic (exact) mass is 290 g/mol. The fourth-order valence-corrected chi connectivity index (χ4v) is 2.47. The van der Waals surface area contributed by atoms with Crippen LogP contribution in [0.15, 0.2) is 53.4 Å². The standard InChI is InChI=1S/C15H15FN2OS/c16-11-5-7-12(8-6-11)20-10-9-15(19)18-14-4-2-1-3-13(14)17/h1-8H,9-10,17H2,(H,18,19). The number of amides is 1. The summed E-state index contributed by atoms with van der Waals surface area (Å²) in [5.74, 6) is 0.286. The van der Waals surface area contributed by atoms with Crippen molar-refractivity contribution in [3.63, 3.8) is 0 Å². The Hall–Kier alpha value is -2.01. The first kappa shape index (κ1) is 14.4. The van der Waals surface area contributed by atoms with E-state index >= 15 is 0 Å². The second-order valence-corrected chi connectivity index (χ2v) is 5.36. The Labute approximate surface area is 121 Å². The minimum absolute atomic E-state index is 0.0856. The number of nitrogens with two attached hydrogens (primary N) is 1. The van der Waals surface area contributed by atoms with Gasteiger partial charge in [-0.05, 0) is 36.4 Å². The Morgan fingerprint density at radius 2 is 1.85 bits per heavy atom. The number of benzene rings is 2. The molecule has 2 rings (SSSR count). The lowest BCUT2D eigenvalue weighted by atomic mass is 10.2. The van der Waals surface area contributed by atoms with Crippen molar-refractivity contribution < 1.29 is 9.18 Å². The number of hydrogen-bond acceptors (Lipinski definition) is 3. The van der Waals surface area contributed by atoms with Gasteiger partial charge in [0.15, 0.2) is 0 Å². The molecule has 0 spiro atoms. The van der Waals surface area contributed by atoms with E-state index in [9.17, 15) is 9.18 Å². The first-order chi connectivity index (χ1) is 9.65. The topological polar surface area (TPSA) is 55.1 Å². The minimum atomic E-state index is -0.258. The van der Waals surface area contributed by atoms with Crippen LogP contribution in [0, 0.1) is 5.82 Å². The van der Waals surface area contributed by atoms with Crippen LogP contribution >= 0.6 is 11.8 Å². The van der Waals surface area contributed by atoms with Crippen molar-refractivity contribution in [3.05, 3.63) is 54.3 Å². The first-order valence-corrected chi connectivity index (χ1v) is 7.16. The zero-order chi connectivity index (χ0) is 14.4. The zero-order valence-electron chi connectivity index (χ0n) is 10.8. The van der Waals surface area contributed by atoms with Crippen molar-refractivity contribution in [1.29, 1.82) is 0 Å². The Morgan fingerprint density at radius 1 is 1.15 bits per heavy atom. The second-order valence-electron chi connectivity index (χ2n) is 4.19. The number of nitrogens with one attached hydrogen (secondary N) is 1. The quantitative estimate of drug-likeness (QED) is 0.654. The maximum absolute atomic E-state index is 12.7. The van der Waals surface area contributed by atoms with Crippen molar-refractivity contribution in [3.8, 4) is 0 Å². The van der Waals surface area contributed by atoms with Gasteiger partial charge < -0.3 is 11.1 Å². The third-order valence-corrected chi connectivity index (χ3v) is 3.66. The van der Waals surface area contributed by atoms with Gasteiger partial charge in [-0.15, -0.1) is 11.8 Å². The molecule has 0 bridgehead atoms. The van der Waals surface area contributed by atoms with E-state index < -0.39 is 0 Å². The van der Waals surface area contributed by atoms with Gasteiger partial charge in [0.2, 0.25) is 5.91 Å². The maximum atomic E-state index is 12.7. The average Bonchev–Trinajstić information content (AvgIpc) is 2.44. The highest BCUT2D eigenvalue weighted by atomic mass is 32.2. The van der Waals surface area contributed by atoms with E-state index in [1.165, 1.54) is 23.9 Å². The lowest BCUT2D eigenvalue weighted by molar-refractivity contribution is -0.115. The molecule has 3 N–H and O–H groups in total. The highest BCUT2D eigenvalue weighted by Gasteiger charge is 2.05. The van der Waals surface area contributed by atoms with Crippen LogP contribution in [-0.2, 0) is 4.79 Å². The summed E-state index contributed by atoms with van der Waals surface area (Å²) >= 11 is 1.51. The van der Waals surface area contributed by atoms with Crippen LogP contribution in [0.3, 0.4) is 0 Å². The lowest BCUT2D eigenvalue weighted by Crippen LogP contribution is -2.13. The lowest BCUT2D eigenvalue weighted by Gasteiger charge is -2.07. The van der Waals surface area contributed by atoms with Crippen molar-refractivity contribution in [2.24, 2.45) is 0 Å². The number of nitrogen functional groups attached to an aromatic ring is 1.